The normalized spacial score (nSPS) is 10.7. The topological polar surface area (TPSA) is 86.3 Å². The highest BCUT2D eigenvalue weighted by Crippen LogP contribution is 2.23. The molecule has 0 aliphatic heterocycles. The van der Waals surface area contributed by atoms with Crippen LogP contribution in [0.4, 0.5) is 0 Å². The van der Waals surface area contributed by atoms with Gasteiger partial charge in [-0.25, -0.2) is 0 Å². The zero-order valence-corrected chi connectivity index (χ0v) is 14.0. The summed E-state index contributed by atoms with van der Waals surface area (Å²) >= 11 is 1.52. The molecule has 0 N–H and O–H groups in total. The Morgan fingerprint density at radius 1 is 1.48 bits per heavy atom. The molecule has 122 valence electrons. The van der Waals surface area contributed by atoms with Crippen molar-refractivity contribution in [3.8, 4) is 16.8 Å². The predicted octanol–water partition coefficient (Wildman–Crippen LogP) is 1.99. The van der Waals surface area contributed by atoms with Gasteiger partial charge in [-0.3, -0.25) is 9.69 Å². The highest BCUT2D eigenvalue weighted by atomic mass is 32.1. The summed E-state index contributed by atoms with van der Waals surface area (Å²) in [6.07, 6.45) is 0.833. The van der Waals surface area contributed by atoms with E-state index >= 15 is 0 Å². The van der Waals surface area contributed by atoms with Gasteiger partial charge in [-0.2, -0.15) is 5.26 Å². The molecule has 2 rings (SSSR count). The van der Waals surface area contributed by atoms with Gasteiger partial charge in [-0.05, 0) is 24.9 Å². The third kappa shape index (κ3) is 4.87. The fraction of sp³-hybridized carbons (Fsp3) is 0.467. The number of thiophene rings is 1. The standard InChI is InChI=1S/C15H19N5O2S/c1-3-7-20(14(21)11-19(2)8-6-16)10-13-17-18-15(22-13)12-5-4-9-23-12/h4-5,9H,3,7-8,10-11H2,1-2H3. The quantitative estimate of drug-likeness (QED) is 0.687. The predicted molar refractivity (Wildman–Crippen MR) is 86.4 cm³/mol. The van der Waals surface area contributed by atoms with Gasteiger partial charge in [0, 0.05) is 6.54 Å². The summed E-state index contributed by atoms with van der Waals surface area (Å²) in [4.78, 5) is 16.6. The van der Waals surface area contributed by atoms with E-state index < -0.39 is 0 Å². The molecule has 2 aromatic rings. The third-order valence-electron chi connectivity index (χ3n) is 3.12. The van der Waals surface area contributed by atoms with Crippen molar-refractivity contribution in [3.63, 3.8) is 0 Å². The van der Waals surface area contributed by atoms with Crippen molar-refractivity contribution in [1.29, 1.82) is 5.26 Å². The number of nitriles is 1. The summed E-state index contributed by atoms with van der Waals surface area (Å²) in [6, 6.07) is 5.86. The molecule has 0 saturated carbocycles. The van der Waals surface area contributed by atoms with Crippen LogP contribution in [0.25, 0.3) is 10.8 Å². The van der Waals surface area contributed by atoms with E-state index in [1.54, 1.807) is 16.8 Å². The minimum atomic E-state index is -0.0551. The second-order valence-electron chi connectivity index (χ2n) is 5.12. The Morgan fingerprint density at radius 2 is 2.30 bits per heavy atom. The zero-order valence-electron chi connectivity index (χ0n) is 13.2. The first-order valence-corrected chi connectivity index (χ1v) is 8.21. The average Bonchev–Trinajstić information content (AvgIpc) is 3.18. The van der Waals surface area contributed by atoms with Gasteiger partial charge in [0.1, 0.15) is 0 Å². The monoisotopic (exact) mass is 333 g/mol. The Bertz CT molecular complexity index is 662. The van der Waals surface area contributed by atoms with Crippen molar-refractivity contribution in [2.24, 2.45) is 0 Å². The SMILES string of the molecule is CCCN(Cc1nnc(-c2cccs2)o1)C(=O)CN(C)CC#N. The fourth-order valence-corrected chi connectivity index (χ4v) is 2.69. The highest BCUT2D eigenvalue weighted by Gasteiger charge is 2.18. The zero-order chi connectivity index (χ0) is 16.7. The molecule has 0 radical (unpaired) electrons. The number of hydrogen-bond donors (Lipinski definition) is 0. The van der Waals surface area contributed by atoms with Gasteiger partial charge in [0.05, 0.1) is 30.6 Å². The summed E-state index contributed by atoms with van der Waals surface area (Å²) in [5.74, 6) is 0.833. The molecule has 2 aromatic heterocycles. The highest BCUT2D eigenvalue weighted by molar-refractivity contribution is 7.13. The maximum absolute atomic E-state index is 12.3. The molecule has 0 aliphatic carbocycles. The smallest absolute Gasteiger partial charge is 0.257 e. The van der Waals surface area contributed by atoms with E-state index in [1.165, 1.54) is 11.3 Å². The molecule has 8 heteroatoms. The Balaban J connectivity index is 2.01. The Hall–Kier alpha value is -2.24. The lowest BCUT2D eigenvalue weighted by Crippen LogP contribution is -2.39. The molecule has 1 amide bonds. The van der Waals surface area contributed by atoms with Gasteiger partial charge in [0.15, 0.2) is 0 Å². The molecule has 23 heavy (non-hydrogen) atoms. The average molecular weight is 333 g/mol. The van der Waals surface area contributed by atoms with E-state index in [1.807, 2.05) is 30.5 Å². The minimum absolute atomic E-state index is 0.0551. The number of carbonyl (C=O) groups excluding carboxylic acids is 1. The van der Waals surface area contributed by atoms with Crippen LogP contribution >= 0.6 is 11.3 Å². The number of nitrogens with zero attached hydrogens (tertiary/aromatic N) is 5. The number of hydrogen-bond acceptors (Lipinski definition) is 7. The van der Waals surface area contributed by atoms with Crippen LogP contribution in [0.2, 0.25) is 0 Å². The van der Waals surface area contributed by atoms with Crippen LogP contribution in [0, 0.1) is 11.3 Å². The molecule has 0 aliphatic rings. The van der Waals surface area contributed by atoms with Crippen molar-refractivity contribution in [2.45, 2.75) is 19.9 Å². The molecule has 0 aromatic carbocycles. The Morgan fingerprint density at radius 3 is 2.96 bits per heavy atom. The number of amides is 1. The van der Waals surface area contributed by atoms with E-state index in [0.29, 0.717) is 18.3 Å². The largest absolute Gasteiger partial charge is 0.418 e. The van der Waals surface area contributed by atoms with E-state index in [-0.39, 0.29) is 25.5 Å². The molecular formula is C15H19N5O2S. The van der Waals surface area contributed by atoms with Crippen LogP contribution in [0.1, 0.15) is 19.2 Å². The van der Waals surface area contributed by atoms with Crippen LogP contribution in [-0.2, 0) is 11.3 Å². The number of carbonyl (C=O) groups is 1. The fourth-order valence-electron chi connectivity index (χ4n) is 2.05. The van der Waals surface area contributed by atoms with Crippen molar-refractivity contribution < 1.29 is 9.21 Å². The Labute approximate surface area is 139 Å². The van der Waals surface area contributed by atoms with Gasteiger partial charge in [-0.15, -0.1) is 21.5 Å². The van der Waals surface area contributed by atoms with Gasteiger partial charge < -0.3 is 9.32 Å². The lowest BCUT2D eigenvalue weighted by molar-refractivity contribution is -0.133. The minimum Gasteiger partial charge on any atom is -0.418 e. The molecule has 0 atom stereocenters. The summed E-state index contributed by atoms with van der Waals surface area (Å²) in [6.45, 7) is 3.31. The van der Waals surface area contributed by atoms with Gasteiger partial charge in [-0.1, -0.05) is 13.0 Å². The molecule has 0 fully saturated rings. The maximum atomic E-state index is 12.3. The lowest BCUT2D eigenvalue weighted by atomic mass is 10.3. The van der Waals surface area contributed by atoms with Crippen molar-refractivity contribution in [1.82, 2.24) is 20.0 Å². The molecule has 0 bridgehead atoms. The first-order chi connectivity index (χ1) is 11.1. The molecule has 0 unspecified atom stereocenters. The molecular weight excluding hydrogens is 314 g/mol. The van der Waals surface area contributed by atoms with Gasteiger partial charge in [0.25, 0.3) is 5.89 Å². The van der Waals surface area contributed by atoms with Crippen molar-refractivity contribution in [2.75, 3.05) is 26.7 Å². The van der Waals surface area contributed by atoms with Gasteiger partial charge in [0.2, 0.25) is 11.8 Å². The van der Waals surface area contributed by atoms with E-state index in [0.717, 1.165) is 11.3 Å². The first kappa shape index (κ1) is 17.1. The second kappa shape index (κ2) is 8.41. The summed E-state index contributed by atoms with van der Waals surface area (Å²) in [5, 5.41) is 18.7. The van der Waals surface area contributed by atoms with E-state index in [9.17, 15) is 4.79 Å². The summed E-state index contributed by atoms with van der Waals surface area (Å²) < 4.78 is 5.64. The molecule has 7 nitrogen and oxygen atoms in total. The lowest BCUT2D eigenvalue weighted by Gasteiger charge is -2.22. The van der Waals surface area contributed by atoms with Crippen LogP contribution < -0.4 is 0 Å². The number of likely N-dealkylation sites (N-methyl/N-ethyl adjacent to an activating group) is 1. The van der Waals surface area contributed by atoms with Crippen LogP contribution in [0.3, 0.4) is 0 Å². The molecule has 0 spiro atoms. The van der Waals surface area contributed by atoms with Crippen molar-refractivity contribution in [3.05, 3.63) is 23.4 Å². The Kier molecular flexibility index (Phi) is 6.26. The number of rotatable bonds is 8. The molecule has 2 heterocycles. The van der Waals surface area contributed by atoms with Crippen LogP contribution in [-0.4, -0.2) is 52.6 Å². The number of aromatic nitrogens is 2. The van der Waals surface area contributed by atoms with Crippen molar-refractivity contribution >= 4 is 17.2 Å². The van der Waals surface area contributed by atoms with Gasteiger partial charge >= 0.3 is 0 Å². The summed E-state index contributed by atoms with van der Waals surface area (Å²) in [5.41, 5.74) is 0. The summed E-state index contributed by atoms with van der Waals surface area (Å²) in [7, 11) is 1.74. The first-order valence-electron chi connectivity index (χ1n) is 7.33. The van der Waals surface area contributed by atoms with E-state index in [4.69, 9.17) is 9.68 Å². The van der Waals surface area contributed by atoms with Crippen LogP contribution in [0.5, 0.6) is 0 Å². The second-order valence-corrected chi connectivity index (χ2v) is 6.07. The maximum Gasteiger partial charge on any atom is 0.257 e. The molecule has 0 saturated heterocycles. The third-order valence-corrected chi connectivity index (χ3v) is 3.97. The van der Waals surface area contributed by atoms with Crippen LogP contribution in [0.15, 0.2) is 21.9 Å². The van der Waals surface area contributed by atoms with E-state index in [2.05, 4.69) is 10.2 Å².